The summed E-state index contributed by atoms with van der Waals surface area (Å²) in [6.45, 7) is 1.25. The molecule has 3 aromatic rings. The number of amides is 1. The second-order valence-electron chi connectivity index (χ2n) is 7.29. The number of carbonyl (C=O) groups excluding carboxylic acids is 1. The molecule has 1 amide bonds. The molecule has 0 aliphatic carbocycles. The van der Waals surface area contributed by atoms with Crippen LogP contribution in [0.4, 0.5) is 4.39 Å². The third-order valence-corrected chi connectivity index (χ3v) is 5.10. The number of benzene rings is 1. The minimum absolute atomic E-state index is 0.0466. The molecule has 4 rings (SSSR count). The lowest BCUT2D eigenvalue weighted by atomic mass is 10.0. The molecular weight excluding hydrogens is 359 g/mol. The molecule has 2 aromatic heterocycles. The molecule has 6 nitrogen and oxygen atoms in total. The maximum absolute atomic E-state index is 13.9. The van der Waals surface area contributed by atoms with Crippen molar-refractivity contribution in [2.45, 2.75) is 25.4 Å². The quantitative estimate of drug-likeness (QED) is 0.694. The zero-order valence-corrected chi connectivity index (χ0v) is 16.1. The highest BCUT2D eigenvalue weighted by molar-refractivity contribution is 6.07. The van der Waals surface area contributed by atoms with Crippen molar-refractivity contribution >= 4 is 16.8 Å². The van der Waals surface area contributed by atoms with Gasteiger partial charge in [0, 0.05) is 44.4 Å². The van der Waals surface area contributed by atoms with E-state index < -0.39 is 5.82 Å². The van der Waals surface area contributed by atoms with Crippen molar-refractivity contribution in [1.82, 2.24) is 19.7 Å². The molecule has 0 saturated carbocycles. The van der Waals surface area contributed by atoms with Gasteiger partial charge in [-0.05, 0) is 43.5 Å². The number of hydrogen-bond acceptors (Lipinski definition) is 4. The Morgan fingerprint density at radius 3 is 2.93 bits per heavy atom. The molecule has 1 unspecified atom stereocenters. The molecule has 0 spiro atoms. The summed E-state index contributed by atoms with van der Waals surface area (Å²) in [4.78, 5) is 19.5. The Labute approximate surface area is 162 Å². The largest absolute Gasteiger partial charge is 0.376 e. The highest BCUT2D eigenvalue weighted by atomic mass is 19.1. The Hall–Kier alpha value is -2.80. The van der Waals surface area contributed by atoms with Gasteiger partial charge >= 0.3 is 0 Å². The average Bonchev–Trinajstić information content (AvgIpc) is 3.14. The van der Waals surface area contributed by atoms with Crippen LogP contribution in [-0.2, 0) is 11.8 Å². The Bertz CT molecular complexity index is 1010. The Kier molecular flexibility index (Phi) is 5.09. The van der Waals surface area contributed by atoms with Crippen LogP contribution in [0.15, 0.2) is 36.7 Å². The standard InChI is InChI=1S/C21H23FN4O2/c1-25(13-16-5-3-4-8-28-16)21(27)18-10-20(14-11-23-26(2)12-14)24-19-7-6-15(22)9-17(18)19/h6-7,9-12,16H,3-5,8,13H2,1-2H3. The van der Waals surface area contributed by atoms with Gasteiger partial charge in [-0.1, -0.05) is 0 Å². The van der Waals surface area contributed by atoms with Crippen LogP contribution < -0.4 is 0 Å². The van der Waals surface area contributed by atoms with Crippen molar-refractivity contribution in [1.29, 1.82) is 0 Å². The summed E-state index contributed by atoms with van der Waals surface area (Å²) in [7, 11) is 3.58. The van der Waals surface area contributed by atoms with Crippen molar-refractivity contribution < 1.29 is 13.9 Å². The van der Waals surface area contributed by atoms with E-state index in [-0.39, 0.29) is 12.0 Å². The molecule has 28 heavy (non-hydrogen) atoms. The molecule has 0 bridgehead atoms. The molecule has 1 atom stereocenters. The van der Waals surface area contributed by atoms with Crippen molar-refractivity contribution in [2.24, 2.45) is 7.05 Å². The number of halogens is 1. The predicted octanol–water partition coefficient (Wildman–Crippen LogP) is 3.42. The van der Waals surface area contributed by atoms with Crippen molar-refractivity contribution in [3.8, 4) is 11.3 Å². The Morgan fingerprint density at radius 2 is 2.21 bits per heavy atom. The highest BCUT2D eigenvalue weighted by Gasteiger charge is 2.22. The van der Waals surface area contributed by atoms with Crippen molar-refractivity contribution in [2.75, 3.05) is 20.2 Å². The fraction of sp³-hybridized carbons (Fsp3) is 0.381. The fourth-order valence-corrected chi connectivity index (χ4v) is 3.62. The van der Waals surface area contributed by atoms with Crippen LogP contribution in [0.2, 0.25) is 0 Å². The number of likely N-dealkylation sites (N-methyl/N-ethyl adjacent to an activating group) is 1. The molecular formula is C21H23FN4O2. The second-order valence-corrected chi connectivity index (χ2v) is 7.29. The zero-order chi connectivity index (χ0) is 19.7. The molecule has 3 heterocycles. The second kappa shape index (κ2) is 7.67. The molecule has 0 radical (unpaired) electrons. The van der Waals surface area contributed by atoms with E-state index in [0.717, 1.165) is 31.4 Å². The first kappa shape index (κ1) is 18.6. The van der Waals surface area contributed by atoms with Gasteiger partial charge in [0.15, 0.2) is 0 Å². The first-order valence-corrected chi connectivity index (χ1v) is 9.47. The van der Waals surface area contributed by atoms with Crippen LogP contribution in [-0.4, -0.2) is 51.9 Å². The number of ether oxygens (including phenoxy) is 1. The van der Waals surface area contributed by atoms with Gasteiger partial charge in [0.2, 0.25) is 0 Å². The van der Waals surface area contributed by atoms with Gasteiger partial charge in [-0.3, -0.25) is 9.48 Å². The summed E-state index contributed by atoms with van der Waals surface area (Å²) < 4.78 is 21.3. The van der Waals surface area contributed by atoms with Crippen molar-refractivity contribution in [3.63, 3.8) is 0 Å². The van der Waals surface area contributed by atoms with E-state index in [1.807, 2.05) is 13.2 Å². The van der Waals surface area contributed by atoms with Gasteiger partial charge in [-0.2, -0.15) is 5.10 Å². The third-order valence-electron chi connectivity index (χ3n) is 5.10. The van der Waals surface area contributed by atoms with E-state index in [9.17, 15) is 9.18 Å². The molecule has 1 aromatic carbocycles. The van der Waals surface area contributed by atoms with Crippen LogP contribution in [0.3, 0.4) is 0 Å². The minimum atomic E-state index is -0.393. The van der Waals surface area contributed by atoms with Gasteiger partial charge < -0.3 is 9.64 Å². The lowest BCUT2D eigenvalue weighted by molar-refractivity contribution is -0.000152. The van der Waals surface area contributed by atoms with E-state index in [2.05, 4.69) is 10.1 Å². The van der Waals surface area contributed by atoms with Crippen LogP contribution in [0.25, 0.3) is 22.2 Å². The summed E-state index contributed by atoms with van der Waals surface area (Å²) in [5.74, 6) is -0.562. The number of aryl methyl sites for hydroxylation is 1. The summed E-state index contributed by atoms with van der Waals surface area (Å²) in [6, 6.07) is 6.05. The number of rotatable bonds is 4. The summed E-state index contributed by atoms with van der Waals surface area (Å²) in [6.07, 6.45) is 6.71. The Balaban J connectivity index is 1.72. The minimum Gasteiger partial charge on any atom is -0.376 e. The highest BCUT2D eigenvalue weighted by Crippen LogP contribution is 2.26. The fourth-order valence-electron chi connectivity index (χ4n) is 3.62. The number of fused-ring (bicyclic) bond motifs is 1. The van der Waals surface area contributed by atoms with Gasteiger partial charge in [0.25, 0.3) is 5.91 Å². The number of nitrogens with zero attached hydrogens (tertiary/aromatic N) is 4. The van der Waals surface area contributed by atoms with Crippen LogP contribution >= 0.6 is 0 Å². The van der Waals surface area contributed by atoms with E-state index in [0.29, 0.717) is 28.7 Å². The van der Waals surface area contributed by atoms with Crippen LogP contribution in [0, 0.1) is 5.82 Å². The van der Waals surface area contributed by atoms with E-state index >= 15 is 0 Å². The smallest absolute Gasteiger partial charge is 0.254 e. The number of hydrogen-bond donors (Lipinski definition) is 0. The summed E-state index contributed by atoms with van der Waals surface area (Å²) in [5.41, 5.74) is 2.45. The first-order valence-electron chi connectivity index (χ1n) is 9.47. The van der Waals surface area contributed by atoms with E-state index in [4.69, 9.17) is 4.74 Å². The molecule has 1 fully saturated rings. The summed E-state index contributed by atoms with van der Waals surface area (Å²) in [5, 5.41) is 4.69. The maximum Gasteiger partial charge on any atom is 0.254 e. The topological polar surface area (TPSA) is 60.2 Å². The van der Waals surface area contributed by atoms with Gasteiger partial charge in [-0.25, -0.2) is 9.37 Å². The molecule has 7 heteroatoms. The number of carbonyl (C=O) groups is 1. The number of pyridine rings is 1. The number of aromatic nitrogens is 3. The predicted molar refractivity (Wildman–Crippen MR) is 104 cm³/mol. The van der Waals surface area contributed by atoms with Crippen LogP contribution in [0.1, 0.15) is 29.6 Å². The van der Waals surface area contributed by atoms with Crippen molar-refractivity contribution in [3.05, 3.63) is 48.0 Å². The lowest BCUT2D eigenvalue weighted by Crippen LogP contribution is -2.37. The van der Waals surface area contributed by atoms with E-state index in [1.165, 1.54) is 12.1 Å². The Morgan fingerprint density at radius 1 is 1.36 bits per heavy atom. The van der Waals surface area contributed by atoms with Gasteiger partial charge in [0.1, 0.15) is 5.82 Å². The molecule has 1 aliphatic rings. The van der Waals surface area contributed by atoms with E-state index in [1.54, 1.807) is 35.0 Å². The van der Waals surface area contributed by atoms with Gasteiger partial charge in [0.05, 0.1) is 29.1 Å². The molecule has 1 aliphatic heterocycles. The molecule has 146 valence electrons. The maximum atomic E-state index is 13.9. The summed E-state index contributed by atoms with van der Waals surface area (Å²) >= 11 is 0. The molecule has 0 N–H and O–H groups in total. The average molecular weight is 382 g/mol. The normalized spacial score (nSPS) is 17.0. The molecule has 1 saturated heterocycles. The monoisotopic (exact) mass is 382 g/mol. The van der Waals surface area contributed by atoms with Gasteiger partial charge in [-0.15, -0.1) is 0 Å². The first-order chi connectivity index (χ1) is 13.5. The van der Waals surface area contributed by atoms with Crippen LogP contribution in [0.5, 0.6) is 0 Å². The SMILES string of the molecule is CN(CC1CCCCO1)C(=O)c1cc(-c2cnn(C)c2)nc2ccc(F)cc12. The zero-order valence-electron chi connectivity index (χ0n) is 16.1. The lowest BCUT2D eigenvalue weighted by Gasteiger charge is -2.27. The third kappa shape index (κ3) is 3.75.